The molecule has 7 atom stereocenters. The quantitative estimate of drug-likeness (QED) is 0.0125. The Kier molecular flexibility index (Phi) is 24.6. The van der Waals surface area contributed by atoms with Gasteiger partial charge in [0, 0.05) is 61.2 Å². The number of rotatable bonds is 34. The van der Waals surface area contributed by atoms with Gasteiger partial charge in [-0.1, -0.05) is 60.7 Å². The lowest BCUT2D eigenvalue weighted by atomic mass is 10.0. The fourth-order valence-electron chi connectivity index (χ4n) is 8.56. The molecule has 0 unspecified atom stereocenters. The number of carbonyl (C=O) groups is 9. The highest BCUT2D eigenvalue weighted by Gasteiger charge is 2.34. The van der Waals surface area contributed by atoms with Crippen molar-refractivity contribution in [3.8, 4) is 5.75 Å². The van der Waals surface area contributed by atoms with Gasteiger partial charge in [-0.05, 0) is 86.4 Å². The van der Waals surface area contributed by atoms with Crippen molar-refractivity contribution in [2.24, 2.45) is 27.9 Å². The zero-order valence-corrected chi connectivity index (χ0v) is 44.4. The van der Waals surface area contributed by atoms with Crippen molar-refractivity contribution < 1.29 is 58.5 Å². The monoisotopic (exact) mass is 1120 g/mol. The maximum atomic E-state index is 14.7. The summed E-state index contributed by atoms with van der Waals surface area (Å²) in [5.41, 5.74) is 25.7. The van der Waals surface area contributed by atoms with E-state index in [9.17, 15) is 58.5 Å². The van der Waals surface area contributed by atoms with E-state index >= 15 is 0 Å². The highest BCUT2D eigenvalue weighted by atomic mass is 16.4. The Hall–Kier alpha value is -9.37. The van der Waals surface area contributed by atoms with E-state index in [1.54, 1.807) is 66.9 Å². The van der Waals surface area contributed by atoms with Crippen molar-refractivity contribution in [1.82, 2.24) is 52.2 Å². The number of aromatic nitrogens is 3. The highest BCUT2D eigenvalue weighted by molar-refractivity contribution is 5.98. The molecule has 27 heteroatoms. The molecule has 27 nitrogen and oxygen atoms in total. The molecule has 0 radical (unpaired) electrons. The first-order chi connectivity index (χ1) is 38.8. The molecular weight excluding hydrogens is 1050 g/mol. The van der Waals surface area contributed by atoms with Crippen LogP contribution in [0, 0.1) is 0 Å². The van der Waals surface area contributed by atoms with Gasteiger partial charge in [0.15, 0.2) is 5.96 Å². The number of phenolic OH excluding ortho intramolecular Hbond substituents is 1. The Labute approximate surface area is 465 Å². The third kappa shape index (κ3) is 21.1. The summed E-state index contributed by atoms with van der Waals surface area (Å²) in [7, 11) is 0. The number of amides is 7. The minimum absolute atomic E-state index is 0.0101. The number of phenols is 1. The number of aliphatic carboxylic acids is 2. The maximum absolute atomic E-state index is 14.7. The average molecular weight is 1120 g/mol. The van der Waals surface area contributed by atoms with Gasteiger partial charge in [-0.25, -0.2) is 9.78 Å². The van der Waals surface area contributed by atoms with Gasteiger partial charge in [-0.3, -0.25) is 43.3 Å². The molecule has 20 N–H and O–H groups in total. The van der Waals surface area contributed by atoms with Crippen molar-refractivity contribution in [1.29, 1.82) is 0 Å². The number of fused-ring (bicyclic) bond motifs is 1. The number of carboxylic acids is 2. The van der Waals surface area contributed by atoms with Crippen LogP contribution in [0.1, 0.15) is 67.3 Å². The number of imidazole rings is 1. The molecule has 0 bridgehead atoms. The molecule has 5 rings (SSSR count). The molecule has 2 heterocycles. The molecule has 3 aromatic carbocycles. The van der Waals surface area contributed by atoms with E-state index in [-0.39, 0.29) is 63.2 Å². The summed E-state index contributed by atoms with van der Waals surface area (Å²) < 4.78 is 0. The third-order valence-electron chi connectivity index (χ3n) is 12.8. The molecule has 7 amide bonds. The highest BCUT2D eigenvalue weighted by Crippen LogP contribution is 2.20. The molecule has 0 aliphatic carbocycles. The van der Waals surface area contributed by atoms with Gasteiger partial charge in [-0.2, -0.15) is 0 Å². The van der Waals surface area contributed by atoms with Gasteiger partial charge in [-0.15, -0.1) is 0 Å². The predicted octanol–water partition coefficient (Wildman–Crippen LogP) is -1.65. The van der Waals surface area contributed by atoms with Gasteiger partial charge < -0.3 is 85.4 Å². The minimum Gasteiger partial charge on any atom is -0.508 e. The number of benzene rings is 3. The minimum atomic E-state index is -1.52. The smallest absolute Gasteiger partial charge is 0.326 e. The summed E-state index contributed by atoms with van der Waals surface area (Å²) in [5, 5.41) is 47.8. The second-order valence-corrected chi connectivity index (χ2v) is 19.2. The van der Waals surface area contributed by atoms with Gasteiger partial charge in [0.1, 0.15) is 42.0 Å². The van der Waals surface area contributed by atoms with Gasteiger partial charge in [0.2, 0.25) is 41.4 Å². The molecule has 81 heavy (non-hydrogen) atoms. The SMILES string of the molecule is NCCCC[C@H](NC(=O)CNC(=O)[C@H](Cc1c[nH]c2ccccc12)NC(=O)[C@H](CCCN=C(N)N)NC(=O)[C@@H](Cc1ccccc1)NC(=O)[C@H](Cc1cnc[nH]1)NC(=O)[C@H](CCC(=O)O)NC(=O)[C@@H](N)Cc1ccc(O)cc1)C(=O)O. The van der Waals surface area contributed by atoms with E-state index in [1.165, 1.54) is 24.7 Å². The van der Waals surface area contributed by atoms with E-state index in [4.69, 9.17) is 22.9 Å². The number of nitrogens with two attached hydrogens (primary N) is 4. The summed E-state index contributed by atoms with van der Waals surface area (Å²) >= 11 is 0. The number of nitrogens with one attached hydrogen (secondary N) is 9. The molecule has 0 saturated carbocycles. The summed E-state index contributed by atoms with van der Waals surface area (Å²) in [6.45, 7) is -0.319. The molecule has 0 fully saturated rings. The van der Waals surface area contributed by atoms with Gasteiger partial charge in [0.05, 0.1) is 18.9 Å². The Balaban J connectivity index is 1.41. The van der Waals surface area contributed by atoms with Crippen LogP contribution in [0.15, 0.2) is 103 Å². The summed E-state index contributed by atoms with van der Waals surface area (Å²) in [4.78, 5) is 136. The van der Waals surface area contributed by atoms with Gasteiger partial charge >= 0.3 is 11.9 Å². The molecule has 0 spiro atoms. The number of aromatic hydroxyl groups is 1. The number of carboxylic acid groups (broad SMARTS) is 2. The lowest BCUT2D eigenvalue weighted by Gasteiger charge is -2.27. The fraction of sp³-hybridized carbons (Fsp3) is 0.389. The first-order valence-corrected chi connectivity index (χ1v) is 26.2. The van der Waals surface area contributed by atoms with Crippen molar-refractivity contribution in [2.45, 2.75) is 113 Å². The van der Waals surface area contributed by atoms with E-state index in [2.05, 4.69) is 57.2 Å². The van der Waals surface area contributed by atoms with Gasteiger partial charge in [0.25, 0.3) is 0 Å². The zero-order chi connectivity index (χ0) is 58.8. The lowest BCUT2D eigenvalue weighted by molar-refractivity contribution is -0.142. The van der Waals surface area contributed by atoms with Crippen LogP contribution in [0.4, 0.5) is 0 Å². The Morgan fingerprint density at radius 1 is 0.593 bits per heavy atom. The molecule has 0 aliphatic rings. The fourth-order valence-corrected chi connectivity index (χ4v) is 8.56. The summed E-state index contributed by atoms with van der Waals surface area (Å²) in [6, 6.07) is 11.8. The second kappa shape index (κ2) is 31.9. The summed E-state index contributed by atoms with van der Waals surface area (Å²) in [5.74, 6) is -8.89. The number of nitrogens with zero attached hydrogens (tertiary/aromatic N) is 2. The number of aromatic amines is 2. The Morgan fingerprint density at radius 3 is 1.80 bits per heavy atom. The Bertz CT molecular complexity index is 2930. The number of carbonyl (C=O) groups excluding carboxylic acids is 7. The zero-order valence-electron chi connectivity index (χ0n) is 44.4. The number of unbranched alkanes of at least 4 members (excludes halogenated alkanes) is 1. The molecule has 0 aliphatic heterocycles. The van der Waals surface area contributed by atoms with Crippen LogP contribution in [0.25, 0.3) is 10.9 Å². The largest absolute Gasteiger partial charge is 0.508 e. The number of para-hydroxylation sites is 1. The van der Waals surface area contributed by atoms with Crippen molar-refractivity contribution in [2.75, 3.05) is 19.6 Å². The van der Waals surface area contributed by atoms with Crippen LogP contribution in [0.5, 0.6) is 5.75 Å². The third-order valence-corrected chi connectivity index (χ3v) is 12.8. The normalized spacial score (nSPS) is 13.6. The lowest BCUT2D eigenvalue weighted by Crippen LogP contribution is -2.60. The van der Waals surface area contributed by atoms with Crippen molar-refractivity contribution in [3.63, 3.8) is 0 Å². The molecule has 5 aromatic rings. The molecule has 2 aromatic heterocycles. The maximum Gasteiger partial charge on any atom is 0.326 e. The Morgan fingerprint density at radius 2 is 1.17 bits per heavy atom. The topological polar surface area (TPSA) is 459 Å². The molecule has 434 valence electrons. The standard InChI is InChI=1S/C54H71N15O12/c55-21-7-6-13-41(53(80)81)64-45(71)29-62-48(75)43(25-33-27-61-38-12-5-4-11-36(33)38)68-49(76)39(14-8-22-60-54(57)58)66-51(78)42(24-31-9-2-1-3-10-31)67-52(79)44(26-34-28-59-30-63-34)69-50(77)40(19-20-46(72)73)65-47(74)37(56)23-32-15-17-35(70)18-16-32/h1-5,9-12,15-18,27-28,30,37,39-44,61,70H,6-8,13-14,19-26,29,55-56H2,(H,59,63)(H,62,75)(H,64,71)(H,65,74)(H,66,78)(H,67,79)(H,68,76)(H,69,77)(H,72,73)(H,80,81)(H4,57,58,60)/t37-,39-,40-,41-,42+,43-,44-/m0/s1. The number of hydrogen-bond acceptors (Lipinski definition) is 14. The van der Waals surface area contributed by atoms with Crippen LogP contribution in [0.3, 0.4) is 0 Å². The van der Waals surface area contributed by atoms with Crippen LogP contribution in [-0.4, -0.2) is 151 Å². The number of hydrogen-bond donors (Lipinski definition) is 16. The second-order valence-electron chi connectivity index (χ2n) is 19.2. The van der Waals surface area contributed by atoms with Crippen LogP contribution >= 0.6 is 0 Å². The first-order valence-electron chi connectivity index (χ1n) is 26.2. The van der Waals surface area contributed by atoms with E-state index in [1.807, 2.05) is 6.07 Å². The van der Waals surface area contributed by atoms with E-state index < -0.39 is 115 Å². The number of guanidine groups is 1. The molecular formula is C54H71N15O12. The van der Waals surface area contributed by atoms with Crippen molar-refractivity contribution in [3.05, 3.63) is 120 Å². The first kappa shape index (κ1) is 62.5. The number of H-pyrrole nitrogens is 2. The predicted molar refractivity (Wildman–Crippen MR) is 296 cm³/mol. The number of aliphatic imine (C=N–C) groups is 1. The molecule has 0 saturated heterocycles. The average Bonchev–Trinajstić information content (AvgIpc) is 4.12. The van der Waals surface area contributed by atoms with E-state index in [0.717, 1.165) is 10.9 Å². The van der Waals surface area contributed by atoms with E-state index in [0.29, 0.717) is 41.8 Å². The van der Waals surface area contributed by atoms with Crippen molar-refractivity contribution >= 4 is 70.2 Å². The van der Waals surface area contributed by atoms with Crippen LogP contribution in [-0.2, 0) is 68.8 Å². The summed E-state index contributed by atoms with van der Waals surface area (Å²) in [6.07, 6.45) is 3.89. The van der Waals surface area contributed by atoms with Crippen LogP contribution < -0.4 is 60.2 Å². The van der Waals surface area contributed by atoms with Crippen LogP contribution in [0.2, 0.25) is 0 Å².